The molecule has 1 aliphatic heterocycles. The van der Waals surface area contributed by atoms with Crippen LogP contribution in [0.15, 0.2) is 77.4 Å². The molecule has 0 bridgehead atoms. The van der Waals surface area contributed by atoms with Crippen LogP contribution in [-0.4, -0.2) is 23.9 Å². The second-order valence-electron chi connectivity index (χ2n) is 7.87. The van der Waals surface area contributed by atoms with Crippen molar-refractivity contribution in [2.45, 2.75) is 32.4 Å². The number of piperidine rings is 1. The normalized spacial score (nSPS) is 15.3. The van der Waals surface area contributed by atoms with Crippen molar-refractivity contribution in [2.75, 3.05) is 13.1 Å². The number of carbonyl (C=O) groups excluding carboxylic acids is 1. The molecule has 0 unspecified atom stereocenters. The maximum absolute atomic E-state index is 12.3. The zero-order valence-corrected chi connectivity index (χ0v) is 16.7. The lowest BCUT2D eigenvalue weighted by molar-refractivity contribution is 0.0948. The standard InChI is InChI=1S/C25H28N2O2/c28-25(26-18-24-7-4-16-29-24)23-10-8-22(9-11-23)19-27-14-12-21(13-15-27)17-20-5-2-1-3-6-20/h1-11,16,21H,12-15,17-19H2,(H,26,28). The van der Waals surface area contributed by atoms with E-state index in [1.54, 1.807) is 6.26 Å². The zero-order valence-electron chi connectivity index (χ0n) is 16.7. The molecular formula is C25H28N2O2. The van der Waals surface area contributed by atoms with Gasteiger partial charge in [-0.3, -0.25) is 9.69 Å². The van der Waals surface area contributed by atoms with Crippen LogP contribution >= 0.6 is 0 Å². The predicted octanol–water partition coefficient (Wildman–Crippen LogP) is 4.66. The summed E-state index contributed by atoms with van der Waals surface area (Å²) in [6.45, 7) is 3.64. The minimum atomic E-state index is -0.0744. The van der Waals surface area contributed by atoms with Crippen LogP contribution in [0, 0.1) is 5.92 Å². The highest BCUT2D eigenvalue weighted by Gasteiger charge is 2.19. The fourth-order valence-corrected chi connectivity index (χ4v) is 4.00. The molecule has 0 radical (unpaired) electrons. The number of amides is 1. The minimum Gasteiger partial charge on any atom is -0.467 e. The van der Waals surface area contributed by atoms with Crippen LogP contribution in [0.25, 0.3) is 0 Å². The Bertz CT molecular complexity index is 880. The van der Waals surface area contributed by atoms with Gasteiger partial charge in [0.05, 0.1) is 12.8 Å². The zero-order chi connectivity index (χ0) is 19.9. The molecule has 3 aromatic rings. The lowest BCUT2D eigenvalue weighted by Gasteiger charge is -2.32. The van der Waals surface area contributed by atoms with Gasteiger partial charge in [0.25, 0.3) is 5.91 Å². The molecule has 4 nitrogen and oxygen atoms in total. The summed E-state index contributed by atoms with van der Waals surface area (Å²) in [4.78, 5) is 14.8. The van der Waals surface area contributed by atoms with E-state index in [9.17, 15) is 4.79 Å². The maximum Gasteiger partial charge on any atom is 0.251 e. The predicted molar refractivity (Wildman–Crippen MR) is 114 cm³/mol. The Kier molecular flexibility index (Phi) is 6.42. The van der Waals surface area contributed by atoms with Gasteiger partial charge in [0, 0.05) is 12.1 Å². The van der Waals surface area contributed by atoms with Crippen molar-refractivity contribution in [2.24, 2.45) is 5.92 Å². The van der Waals surface area contributed by atoms with Gasteiger partial charge < -0.3 is 9.73 Å². The molecule has 2 heterocycles. The van der Waals surface area contributed by atoms with Crippen LogP contribution in [0.3, 0.4) is 0 Å². The van der Waals surface area contributed by atoms with Crippen molar-refractivity contribution in [3.8, 4) is 0 Å². The Morgan fingerprint density at radius 3 is 2.38 bits per heavy atom. The molecule has 4 rings (SSSR count). The Morgan fingerprint density at radius 2 is 1.69 bits per heavy atom. The minimum absolute atomic E-state index is 0.0744. The van der Waals surface area contributed by atoms with Crippen molar-refractivity contribution in [1.29, 1.82) is 0 Å². The summed E-state index contributed by atoms with van der Waals surface area (Å²) >= 11 is 0. The van der Waals surface area contributed by atoms with E-state index in [1.165, 1.54) is 30.4 Å². The fourth-order valence-electron chi connectivity index (χ4n) is 4.00. The summed E-state index contributed by atoms with van der Waals surface area (Å²) in [7, 11) is 0. The van der Waals surface area contributed by atoms with E-state index in [0.29, 0.717) is 12.1 Å². The molecule has 0 atom stereocenters. The highest BCUT2D eigenvalue weighted by Crippen LogP contribution is 2.23. The lowest BCUT2D eigenvalue weighted by atomic mass is 9.90. The highest BCUT2D eigenvalue weighted by molar-refractivity contribution is 5.94. The number of benzene rings is 2. The summed E-state index contributed by atoms with van der Waals surface area (Å²) < 4.78 is 5.24. The molecule has 1 saturated heterocycles. The first-order chi connectivity index (χ1) is 14.3. The molecule has 1 aliphatic rings. The molecule has 29 heavy (non-hydrogen) atoms. The maximum atomic E-state index is 12.3. The molecule has 1 amide bonds. The molecular weight excluding hydrogens is 360 g/mol. The Balaban J connectivity index is 1.22. The first-order valence-corrected chi connectivity index (χ1v) is 10.4. The molecule has 1 N–H and O–H groups in total. The summed E-state index contributed by atoms with van der Waals surface area (Å²) in [6, 6.07) is 22.4. The number of hydrogen-bond donors (Lipinski definition) is 1. The number of nitrogens with one attached hydrogen (secondary N) is 1. The van der Waals surface area contributed by atoms with Crippen molar-refractivity contribution in [3.05, 3.63) is 95.4 Å². The number of likely N-dealkylation sites (tertiary alicyclic amines) is 1. The summed E-state index contributed by atoms with van der Waals surface area (Å²) in [5, 5.41) is 2.88. The Morgan fingerprint density at radius 1 is 0.931 bits per heavy atom. The number of nitrogens with zero attached hydrogens (tertiary/aromatic N) is 1. The third kappa shape index (κ3) is 5.58. The van der Waals surface area contributed by atoms with Crippen LogP contribution in [0.4, 0.5) is 0 Å². The molecule has 4 heteroatoms. The van der Waals surface area contributed by atoms with E-state index < -0.39 is 0 Å². The van der Waals surface area contributed by atoms with Crippen LogP contribution < -0.4 is 5.32 Å². The monoisotopic (exact) mass is 388 g/mol. The average Bonchev–Trinajstić information content (AvgIpc) is 3.28. The molecule has 150 valence electrons. The fraction of sp³-hybridized carbons (Fsp3) is 0.320. The van der Waals surface area contributed by atoms with E-state index in [0.717, 1.165) is 31.3 Å². The first-order valence-electron chi connectivity index (χ1n) is 10.4. The van der Waals surface area contributed by atoms with E-state index in [2.05, 4.69) is 52.7 Å². The second kappa shape index (κ2) is 9.57. The van der Waals surface area contributed by atoms with Gasteiger partial charge in [-0.25, -0.2) is 0 Å². The number of hydrogen-bond acceptors (Lipinski definition) is 3. The van der Waals surface area contributed by atoms with Gasteiger partial charge in [-0.2, -0.15) is 0 Å². The third-order valence-electron chi connectivity index (χ3n) is 5.70. The summed E-state index contributed by atoms with van der Waals surface area (Å²) in [6.07, 6.45) is 5.31. The van der Waals surface area contributed by atoms with Crippen molar-refractivity contribution in [3.63, 3.8) is 0 Å². The molecule has 0 spiro atoms. The van der Waals surface area contributed by atoms with Gasteiger partial charge in [0.15, 0.2) is 0 Å². The third-order valence-corrected chi connectivity index (χ3v) is 5.70. The molecule has 0 aliphatic carbocycles. The average molecular weight is 389 g/mol. The van der Waals surface area contributed by atoms with Gasteiger partial charge in [-0.15, -0.1) is 0 Å². The van der Waals surface area contributed by atoms with Gasteiger partial charge in [-0.05, 0) is 73.7 Å². The Hall–Kier alpha value is -2.85. The van der Waals surface area contributed by atoms with E-state index in [4.69, 9.17) is 4.42 Å². The topological polar surface area (TPSA) is 45.5 Å². The summed E-state index contributed by atoms with van der Waals surface area (Å²) in [5.74, 6) is 1.47. The van der Waals surface area contributed by atoms with Crippen molar-refractivity contribution < 1.29 is 9.21 Å². The second-order valence-corrected chi connectivity index (χ2v) is 7.87. The van der Waals surface area contributed by atoms with Crippen molar-refractivity contribution in [1.82, 2.24) is 10.2 Å². The number of rotatable bonds is 7. The molecule has 0 saturated carbocycles. The van der Waals surface area contributed by atoms with Gasteiger partial charge in [0.2, 0.25) is 0 Å². The van der Waals surface area contributed by atoms with Gasteiger partial charge in [-0.1, -0.05) is 42.5 Å². The summed E-state index contributed by atoms with van der Waals surface area (Å²) in [5.41, 5.74) is 3.39. The molecule has 2 aromatic carbocycles. The van der Waals surface area contributed by atoms with Crippen LogP contribution in [-0.2, 0) is 19.5 Å². The van der Waals surface area contributed by atoms with Crippen LogP contribution in [0.2, 0.25) is 0 Å². The SMILES string of the molecule is O=C(NCc1ccco1)c1ccc(CN2CCC(Cc3ccccc3)CC2)cc1. The number of furan rings is 1. The largest absolute Gasteiger partial charge is 0.467 e. The van der Waals surface area contributed by atoms with Gasteiger partial charge in [0.1, 0.15) is 5.76 Å². The van der Waals surface area contributed by atoms with Crippen LogP contribution in [0.5, 0.6) is 0 Å². The quantitative estimate of drug-likeness (QED) is 0.640. The number of carbonyl (C=O) groups is 1. The first kappa shape index (κ1) is 19.5. The van der Waals surface area contributed by atoms with Crippen LogP contribution in [0.1, 0.15) is 40.1 Å². The lowest BCUT2D eigenvalue weighted by Crippen LogP contribution is -2.33. The van der Waals surface area contributed by atoms with E-state index in [1.807, 2.05) is 24.3 Å². The molecule has 1 aromatic heterocycles. The highest BCUT2D eigenvalue weighted by atomic mass is 16.3. The van der Waals surface area contributed by atoms with Gasteiger partial charge >= 0.3 is 0 Å². The van der Waals surface area contributed by atoms with Crippen molar-refractivity contribution >= 4 is 5.91 Å². The smallest absolute Gasteiger partial charge is 0.251 e. The Labute approximate surface area is 172 Å². The van der Waals surface area contributed by atoms with E-state index in [-0.39, 0.29) is 5.91 Å². The molecule has 1 fully saturated rings. The van der Waals surface area contributed by atoms with E-state index >= 15 is 0 Å².